The number of hydrogen-bond acceptors (Lipinski definition) is 5. The molecule has 58 heavy (non-hydrogen) atoms. The van der Waals surface area contributed by atoms with E-state index in [1.807, 2.05) is 0 Å². The number of aliphatic hydroxyl groups excluding tert-OH is 2. The van der Waals surface area contributed by atoms with Crippen molar-refractivity contribution in [3.8, 4) is 0 Å². The fourth-order valence-corrected chi connectivity index (χ4v) is 6.93. The van der Waals surface area contributed by atoms with Gasteiger partial charge in [-0.1, -0.05) is 190 Å². The Bertz CT molecular complexity index is 1090. The molecule has 3 unspecified atom stereocenters. The smallest absolute Gasteiger partial charge is 0.306 e. The second-order valence-corrected chi connectivity index (χ2v) is 16.1. The van der Waals surface area contributed by atoms with Crippen LogP contribution in [-0.4, -0.2) is 46.9 Å². The van der Waals surface area contributed by atoms with Gasteiger partial charge in [-0.05, 0) is 89.9 Å². The van der Waals surface area contributed by atoms with Gasteiger partial charge in [-0.25, -0.2) is 0 Å². The second kappa shape index (κ2) is 45.4. The van der Waals surface area contributed by atoms with E-state index in [0.29, 0.717) is 19.3 Å². The predicted octanol–water partition coefficient (Wildman–Crippen LogP) is 14.2. The highest BCUT2D eigenvalue weighted by Crippen LogP contribution is 2.17. The van der Waals surface area contributed by atoms with Crippen molar-refractivity contribution in [3.05, 3.63) is 72.9 Å². The van der Waals surface area contributed by atoms with Crippen molar-refractivity contribution in [2.24, 2.45) is 0 Å². The molecule has 0 bridgehead atoms. The van der Waals surface area contributed by atoms with Gasteiger partial charge in [0.1, 0.15) is 6.10 Å². The number of aliphatic hydroxyl groups is 2. The SMILES string of the molecule is CC/C=C/C/C=C/C/C=C/CCCCCCCCC(=O)OC(CCCCCC/C=C/C/C=C/C/C=C/CC)CC(=O)NC(CO)C(O)CCCCCCCCCCC. The minimum atomic E-state index is -0.797. The zero-order valence-corrected chi connectivity index (χ0v) is 37.9. The molecule has 0 spiro atoms. The number of esters is 1. The zero-order valence-electron chi connectivity index (χ0n) is 37.9. The maximum absolute atomic E-state index is 13.1. The molecule has 0 saturated heterocycles. The third kappa shape index (κ3) is 40.1. The molecule has 0 saturated carbocycles. The highest BCUT2D eigenvalue weighted by Gasteiger charge is 2.24. The monoisotopic (exact) mass is 810 g/mol. The lowest BCUT2D eigenvalue weighted by molar-refractivity contribution is -0.151. The van der Waals surface area contributed by atoms with Crippen LogP contribution < -0.4 is 5.32 Å². The van der Waals surface area contributed by atoms with Crippen molar-refractivity contribution in [3.63, 3.8) is 0 Å². The Morgan fingerprint density at radius 3 is 1.41 bits per heavy atom. The lowest BCUT2D eigenvalue weighted by Gasteiger charge is -2.24. The zero-order chi connectivity index (χ0) is 42.4. The fraction of sp³-hybridized carbons (Fsp3) is 0.731. The summed E-state index contributed by atoms with van der Waals surface area (Å²) in [7, 11) is 0. The standard InChI is InChI=1S/C52H91NO5/c1-4-7-10-13-16-19-21-23-25-26-28-30-33-36-39-42-45-52(57)58-48(43-40-37-34-32-29-27-24-22-20-17-14-11-8-5-2)46-51(56)53-49(47-54)50(55)44-41-38-35-31-18-15-12-9-6-3/h7-8,10-11,16-17,19-20,23-25,27,48-50,54-55H,4-6,9,12-15,18,21-22,26,28-47H2,1-3H3,(H,53,56)/b10-7+,11-8+,19-16+,20-17+,25-23+,27-24+. The molecular formula is C52H91NO5. The first-order valence-corrected chi connectivity index (χ1v) is 24.2. The van der Waals surface area contributed by atoms with Gasteiger partial charge in [-0.2, -0.15) is 0 Å². The van der Waals surface area contributed by atoms with Gasteiger partial charge in [-0.15, -0.1) is 0 Å². The third-order valence-corrected chi connectivity index (χ3v) is 10.5. The van der Waals surface area contributed by atoms with Crippen LogP contribution in [0, 0.1) is 0 Å². The van der Waals surface area contributed by atoms with Crippen molar-refractivity contribution in [2.75, 3.05) is 6.61 Å². The summed E-state index contributed by atoms with van der Waals surface area (Å²) >= 11 is 0. The molecular weight excluding hydrogens is 719 g/mol. The molecule has 1 amide bonds. The number of allylic oxidation sites excluding steroid dienone is 12. The van der Waals surface area contributed by atoms with Gasteiger partial charge in [0.15, 0.2) is 0 Å². The van der Waals surface area contributed by atoms with Gasteiger partial charge in [0.2, 0.25) is 5.91 Å². The summed E-state index contributed by atoms with van der Waals surface area (Å²) in [6, 6.07) is -0.713. The van der Waals surface area contributed by atoms with E-state index < -0.39 is 18.2 Å². The maximum atomic E-state index is 13.1. The molecule has 3 N–H and O–H groups in total. The Hall–Kier alpha value is -2.70. The van der Waals surface area contributed by atoms with E-state index in [2.05, 4.69) is 99.0 Å². The van der Waals surface area contributed by atoms with Crippen LogP contribution in [0.3, 0.4) is 0 Å². The molecule has 0 aromatic heterocycles. The Kier molecular flexibility index (Phi) is 43.3. The summed E-state index contributed by atoms with van der Waals surface area (Å²) in [4.78, 5) is 26.1. The lowest BCUT2D eigenvalue weighted by atomic mass is 10.0. The Morgan fingerprint density at radius 1 is 0.517 bits per heavy atom. The van der Waals surface area contributed by atoms with Gasteiger partial charge in [-0.3, -0.25) is 9.59 Å². The first-order valence-electron chi connectivity index (χ1n) is 24.2. The Morgan fingerprint density at radius 2 is 0.931 bits per heavy atom. The van der Waals surface area contributed by atoms with Crippen LogP contribution in [0.1, 0.15) is 220 Å². The molecule has 0 rings (SSSR count). The second-order valence-electron chi connectivity index (χ2n) is 16.1. The number of hydrogen-bond donors (Lipinski definition) is 3. The predicted molar refractivity (Wildman–Crippen MR) is 250 cm³/mol. The van der Waals surface area contributed by atoms with Crippen LogP contribution in [0.25, 0.3) is 0 Å². The fourth-order valence-electron chi connectivity index (χ4n) is 6.93. The van der Waals surface area contributed by atoms with E-state index >= 15 is 0 Å². The molecule has 0 aromatic carbocycles. The maximum Gasteiger partial charge on any atom is 0.306 e. The summed E-state index contributed by atoms with van der Waals surface area (Å²) in [5.41, 5.74) is 0. The number of ether oxygens (including phenoxy) is 1. The molecule has 6 heteroatoms. The average molecular weight is 810 g/mol. The molecule has 0 aliphatic carbocycles. The highest BCUT2D eigenvalue weighted by molar-refractivity contribution is 5.77. The van der Waals surface area contributed by atoms with Gasteiger partial charge in [0.25, 0.3) is 0 Å². The Balaban J connectivity index is 4.65. The first-order chi connectivity index (χ1) is 28.5. The molecule has 3 atom stereocenters. The minimum absolute atomic E-state index is 0.0541. The van der Waals surface area contributed by atoms with Crippen molar-refractivity contribution in [1.29, 1.82) is 0 Å². The first kappa shape index (κ1) is 55.3. The van der Waals surface area contributed by atoms with E-state index in [0.717, 1.165) is 116 Å². The van der Waals surface area contributed by atoms with Gasteiger partial charge >= 0.3 is 5.97 Å². The highest BCUT2D eigenvalue weighted by atomic mass is 16.5. The summed E-state index contributed by atoms with van der Waals surface area (Å²) in [5.74, 6) is -0.516. The van der Waals surface area contributed by atoms with Crippen LogP contribution >= 0.6 is 0 Å². The molecule has 6 nitrogen and oxygen atoms in total. The molecule has 0 aromatic rings. The van der Waals surface area contributed by atoms with Crippen molar-refractivity contribution in [1.82, 2.24) is 5.32 Å². The van der Waals surface area contributed by atoms with E-state index in [1.165, 1.54) is 57.8 Å². The van der Waals surface area contributed by atoms with E-state index in [4.69, 9.17) is 4.74 Å². The Labute approximate surface area is 358 Å². The number of carbonyl (C=O) groups excluding carboxylic acids is 2. The number of amides is 1. The number of rotatable bonds is 42. The quantitative estimate of drug-likeness (QED) is 0.0324. The van der Waals surface area contributed by atoms with Gasteiger partial charge < -0.3 is 20.3 Å². The van der Waals surface area contributed by atoms with Crippen LogP contribution in [0.15, 0.2) is 72.9 Å². The van der Waals surface area contributed by atoms with Crippen LogP contribution in [0.2, 0.25) is 0 Å². The topological polar surface area (TPSA) is 95.9 Å². The van der Waals surface area contributed by atoms with Gasteiger partial charge in [0.05, 0.1) is 25.2 Å². The normalized spacial score (nSPS) is 13.9. The van der Waals surface area contributed by atoms with E-state index in [1.54, 1.807) is 0 Å². The van der Waals surface area contributed by atoms with Crippen molar-refractivity contribution < 1.29 is 24.5 Å². The van der Waals surface area contributed by atoms with E-state index in [9.17, 15) is 19.8 Å². The number of unbranched alkanes of at least 4 members (excludes halogenated alkanes) is 18. The molecule has 0 aliphatic heterocycles. The minimum Gasteiger partial charge on any atom is -0.462 e. The molecule has 0 aliphatic rings. The van der Waals surface area contributed by atoms with Crippen LogP contribution in [0.5, 0.6) is 0 Å². The van der Waals surface area contributed by atoms with Crippen molar-refractivity contribution in [2.45, 2.75) is 238 Å². The number of carbonyl (C=O) groups is 2. The summed E-state index contributed by atoms with van der Waals surface area (Å²) in [5, 5.41) is 23.6. The molecule has 0 radical (unpaired) electrons. The van der Waals surface area contributed by atoms with Gasteiger partial charge in [0, 0.05) is 6.42 Å². The van der Waals surface area contributed by atoms with E-state index in [-0.39, 0.29) is 24.9 Å². The average Bonchev–Trinajstić information content (AvgIpc) is 3.22. The molecule has 0 fully saturated rings. The largest absolute Gasteiger partial charge is 0.462 e. The van der Waals surface area contributed by atoms with Crippen LogP contribution in [0.4, 0.5) is 0 Å². The molecule has 334 valence electrons. The summed E-state index contributed by atoms with van der Waals surface area (Å²) < 4.78 is 5.91. The molecule has 0 heterocycles. The van der Waals surface area contributed by atoms with Crippen molar-refractivity contribution >= 4 is 11.9 Å². The summed E-state index contributed by atoms with van der Waals surface area (Å²) in [6.45, 7) is 6.22. The third-order valence-electron chi connectivity index (χ3n) is 10.5. The number of nitrogens with one attached hydrogen (secondary N) is 1. The lowest BCUT2D eigenvalue weighted by Crippen LogP contribution is -2.46. The summed E-state index contributed by atoms with van der Waals surface area (Å²) in [6.07, 6.45) is 56.8. The van der Waals surface area contributed by atoms with Crippen LogP contribution in [-0.2, 0) is 14.3 Å².